The van der Waals surface area contributed by atoms with Gasteiger partial charge in [-0.25, -0.2) is 9.59 Å². The molecule has 5 nitrogen and oxygen atoms in total. The third-order valence-electron chi connectivity index (χ3n) is 2.26. The molecule has 19 heavy (non-hydrogen) atoms. The standard InChI is InChI=1S/C14H10O5/c15-13(10-6-2-1-3-7-10)18-11-8-4-5-9-12(11)19-14(16)17/h1-9H,(H,16,17). The van der Waals surface area contributed by atoms with E-state index in [1.54, 1.807) is 42.5 Å². The molecule has 5 heteroatoms. The highest BCUT2D eigenvalue weighted by Gasteiger charge is 2.13. The molecule has 0 aliphatic heterocycles. The van der Waals surface area contributed by atoms with E-state index in [0.717, 1.165) is 0 Å². The summed E-state index contributed by atoms with van der Waals surface area (Å²) in [5.74, 6) is -0.555. The highest BCUT2D eigenvalue weighted by atomic mass is 16.7. The molecule has 0 radical (unpaired) electrons. The van der Waals surface area contributed by atoms with Gasteiger partial charge in [0, 0.05) is 0 Å². The molecule has 0 bridgehead atoms. The molecule has 0 unspecified atom stereocenters. The maximum Gasteiger partial charge on any atom is 0.511 e. The van der Waals surface area contributed by atoms with Crippen LogP contribution < -0.4 is 9.47 Å². The summed E-state index contributed by atoms with van der Waals surface area (Å²) in [5, 5.41) is 8.58. The van der Waals surface area contributed by atoms with Crippen molar-refractivity contribution < 1.29 is 24.2 Å². The van der Waals surface area contributed by atoms with Crippen LogP contribution in [0.25, 0.3) is 0 Å². The van der Waals surface area contributed by atoms with Crippen molar-refractivity contribution in [2.45, 2.75) is 0 Å². The lowest BCUT2D eigenvalue weighted by molar-refractivity contribution is 0.0725. The first-order valence-corrected chi connectivity index (χ1v) is 5.44. The summed E-state index contributed by atoms with van der Waals surface area (Å²) in [6.07, 6.45) is -1.47. The second kappa shape index (κ2) is 5.68. The van der Waals surface area contributed by atoms with Crippen LogP contribution in [0.5, 0.6) is 11.5 Å². The molecule has 0 saturated carbocycles. The third kappa shape index (κ3) is 3.32. The maximum atomic E-state index is 11.8. The average molecular weight is 258 g/mol. The van der Waals surface area contributed by atoms with E-state index >= 15 is 0 Å². The lowest BCUT2D eigenvalue weighted by Gasteiger charge is -2.08. The molecule has 96 valence electrons. The van der Waals surface area contributed by atoms with Gasteiger partial charge >= 0.3 is 12.1 Å². The van der Waals surface area contributed by atoms with Crippen LogP contribution in [0.1, 0.15) is 10.4 Å². The molecular weight excluding hydrogens is 248 g/mol. The molecule has 0 atom stereocenters. The first-order valence-electron chi connectivity index (χ1n) is 5.44. The fraction of sp³-hybridized carbons (Fsp3) is 0. The van der Waals surface area contributed by atoms with Gasteiger partial charge in [-0.05, 0) is 24.3 Å². The predicted octanol–water partition coefficient (Wildman–Crippen LogP) is 2.96. The van der Waals surface area contributed by atoms with Gasteiger partial charge < -0.3 is 14.6 Å². The normalized spacial score (nSPS) is 9.68. The van der Waals surface area contributed by atoms with Crippen molar-refractivity contribution in [3.05, 3.63) is 60.2 Å². The molecule has 2 aromatic carbocycles. The van der Waals surface area contributed by atoms with Gasteiger partial charge in [0.2, 0.25) is 0 Å². The van der Waals surface area contributed by atoms with E-state index in [1.807, 2.05) is 0 Å². The predicted molar refractivity (Wildman–Crippen MR) is 66.5 cm³/mol. The molecule has 2 rings (SSSR count). The van der Waals surface area contributed by atoms with Crippen LogP contribution in [-0.4, -0.2) is 17.2 Å². The molecule has 0 aliphatic carbocycles. The monoisotopic (exact) mass is 258 g/mol. The molecule has 2 aromatic rings. The minimum atomic E-state index is -1.47. The average Bonchev–Trinajstić information content (AvgIpc) is 2.41. The minimum absolute atomic E-state index is 0.0284. The van der Waals surface area contributed by atoms with E-state index in [-0.39, 0.29) is 11.5 Å². The quantitative estimate of drug-likeness (QED) is 0.520. The smallest absolute Gasteiger partial charge is 0.449 e. The number of hydrogen-bond acceptors (Lipinski definition) is 4. The topological polar surface area (TPSA) is 72.8 Å². The number of carboxylic acid groups (broad SMARTS) is 1. The first-order chi connectivity index (χ1) is 9.16. The number of para-hydroxylation sites is 2. The van der Waals surface area contributed by atoms with Crippen LogP contribution in [0.15, 0.2) is 54.6 Å². The van der Waals surface area contributed by atoms with Crippen LogP contribution in [0.2, 0.25) is 0 Å². The number of rotatable bonds is 3. The zero-order chi connectivity index (χ0) is 13.7. The Balaban J connectivity index is 2.19. The van der Waals surface area contributed by atoms with Gasteiger partial charge in [-0.1, -0.05) is 30.3 Å². The van der Waals surface area contributed by atoms with Crippen molar-refractivity contribution in [2.75, 3.05) is 0 Å². The number of benzene rings is 2. The number of ether oxygens (including phenoxy) is 2. The van der Waals surface area contributed by atoms with Crippen molar-refractivity contribution >= 4 is 12.1 Å². The molecule has 0 saturated heterocycles. The number of carbonyl (C=O) groups is 2. The zero-order valence-corrected chi connectivity index (χ0v) is 9.78. The van der Waals surface area contributed by atoms with E-state index in [1.165, 1.54) is 12.1 Å². The second-order valence-electron chi connectivity index (χ2n) is 3.57. The van der Waals surface area contributed by atoms with Crippen LogP contribution in [0, 0.1) is 0 Å². The van der Waals surface area contributed by atoms with Crippen molar-refractivity contribution in [3.8, 4) is 11.5 Å². The van der Waals surface area contributed by atoms with Gasteiger partial charge in [-0.3, -0.25) is 0 Å². The van der Waals surface area contributed by atoms with E-state index in [4.69, 9.17) is 9.84 Å². The van der Waals surface area contributed by atoms with E-state index < -0.39 is 12.1 Å². The van der Waals surface area contributed by atoms with Gasteiger partial charge in [0.1, 0.15) is 0 Å². The lowest BCUT2D eigenvalue weighted by Crippen LogP contribution is -2.10. The minimum Gasteiger partial charge on any atom is -0.449 e. The summed E-state index contributed by atoms with van der Waals surface area (Å²) in [6.45, 7) is 0. The summed E-state index contributed by atoms with van der Waals surface area (Å²) in [6, 6.07) is 14.4. The van der Waals surface area contributed by atoms with E-state index in [0.29, 0.717) is 5.56 Å². The summed E-state index contributed by atoms with van der Waals surface area (Å²) < 4.78 is 9.63. The van der Waals surface area contributed by atoms with Crippen LogP contribution in [-0.2, 0) is 0 Å². The lowest BCUT2D eigenvalue weighted by atomic mass is 10.2. The summed E-state index contributed by atoms with van der Waals surface area (Å²) in [5.41, 5.74) is 0.368. The van der Waals surface area contributed by atoms with Gasteiger partial charge in [0.15, 0.2) is 11.5 Å². The number of hydrogen-bond donors (Lipinski definition) is 1. The van der Waals surface area contributed by atoms with Crippen molar-refractivity contribution in [1.29, 1.82) is 0 Å². The van der Waals surface area contributed by atoms with Gasteiger partial charge in [-0.15, -0.1) is 0 Å². The van der Waals surface area contributed by atoms with Crippen LogP contribution in [0.3, 0.4) is 0 Å². The Bertz CT molecular complexity index is 592. The fourth-order valence-corrected chi connectivity index (χ4v) is 1.45. The van der Waals surface area contributed by atoms with E-state index in [2.05, 4.69) is 4.74 Å². The largest absolute Gasteiger partial charge is 0.511 e. The van der Waals surface area contributed by atoms with Crippen molar-refractivity contribution in [1.82, 2.24) is 0 Å². The third-order valence-corrected chi connectivity index (χ3v) is 2.26. The van der Waals surface area contributed by atoms with Gasteiger partial charge in [0.25, 0.3) is 0 Å². The van der Waals surface area contributed by atoms with Crippen molar-refractivity contribution in [3.63, 3.8) is 0 Å². The summed E-state index contributed by atoms with van der Waals surface area (Å²) >= 11 is 0. The number of esters is 1. The Kier molecular flexibility index (Phi) is 3.78. The molecule has 0 heterocycles. The van der Waals surface area contributed by atoms with Gasteiger partial charge in [-0.2, -0.15) is 0 Å². The summed E-state index contributed by atoms with van der Waals surface area (Å²) in [4.78, 5) is 22.3. The highest BCUT2D eigenvalue weighted by molar-refractivity contribution is 5.91. The molecular formula is C14H10O5. The highest BCUT2D eigenvalue weighted by Crippen LogP contribution is 2.27. The molecule has 0 aromatic heterocycles. The molecule has 0 fully saturated rings. The zero-order valence-electron chi connectivity index (χ0n) is 9.78. The Hall–Kier alpha value is -2.82. The Morgan fingerprint density at radius 1 is 0.789 bits per heavy atom. The van der Waals surface area contributed by atoms with Crippen molar-refractivity contribution in [2.24, 2.45) is 0 Å². The summed E-state index contributed by atoms with van der Waals surface area (Å²) in [7, 11) is 0. The van der Waals surface area contributed by atoms with Crippen LogP contribution >= 0.6 is 0 Å². The second-order valence-corrected chi connectivity index (χ2v) is 3.57. The SMILES string of the molecule is O=C(O)Oc1ccccc1OC(=O)c1ccccc1. The Labute approximate surface area is 109 Å². The van der Waals surface area contributed by atoms with E-state index in [9.17, 15) is 9.59 Å². The Morgan fingerprint density at radius 3 is 1.89 bits per heavy atom. The molecule has 0 amide bonds. The Morgan fingerprint density at radius 2 is 1.32 bits per heavy atom. The van der Waals surface area contributed by atoms with Gasteiger partial charge in [0.05, 0.1) is 5.56 Å². The maximum absolute atomic E-state index is 11.8. The molecule has 1 N–H and O–H groups in total. The molecule has 0 spiro atoms. The fourth-order valence-electron chi connectivity index (χ4n) is 1.45. The van der Waals surface area contributed by atoms with Crippen LogP contribution in [0.4, 0.5) is 4.79 Å². The first kappa shape index (κ1) is 12.6. The number of carbonyl (C=O) groups excluding carboxylic acids is 1. The molecule has 0 aliphatic rings.